The van der Waals surface area contributed by atoms with Crippen LogP contribution < -0.4 is 10.1 Å². The normalized spacial score (nSPS) is 16.8. The Balaban J connectivity index is 1.72. The molecule has 1 aliphatic heterocycles. The van der Waals surface area contributed by atoms with E-state index in [1.54, 1.807) is 0 Å². The molecule has 3 nitrogen and oxygen atoms in total. The maximum Gasteiger partial charge on any atom is 0.231 e. The SMILES string of the molecule is Cc1ccc(NC(=O)[C@H]2COc3ccccc3C2)c(C)c1. The summed E-state index contributed by atoms with van der Waals surface area (Å²) in [7, 11) is 0. The molecule has 2 aromatic carbocycles. The number of hydrogen-bond acceptors (Lipinski definition) is 2. The summed E-state index contributed by atoms with van der Waals surface area (Å²) in [6.07, 6.45) is 0.729. The van der Waals surface area contributed by atoms with Gasteiger partial charge in [-0.15, -0.1) is 0 Å². The first kappa shape index (κ1) is 13.7. The number of hydrogen-bond donors (Lipinski definition) is 1. The fourth-order valence-electron chi connectivity index (χ4n) is 2.69. The van der Waals surface area contributed by atoms with Crippen molar-refractivity contribution in [3.63, 3.8) is 0 Å². The molecule has 1 atom stereocenters. The average Bonchev–Trinajstić information content (AvgIpc) is 2.49. The summed E-state index contributed by atoms with van der Waals surface area (Å²) in [6.45, 7) is 4.49. The second-order valence-electron chi connectivity index (χ2n) is 5.63. The molecular formula is C18H19NO2. The van der Waals surface area contributed by atoms with Gasteiger partial charge in [0.2, 0.25) is 5.91 Å². The molecule has 0 saturated heterocycles. The van der Waals surface area contributed by atoms with E-state index in [1.165, 1.54) is 5.56 Å². The molecular weight excluding hydrogens is 262 g/mol. The first-order valence-electron chi connectivity index (χ1n) is 7.22. The molecule has 0 bridgehead atoms. The molecule has 1 aliphatic rings. The van der Waals surface area contributed by atoms with Crippen molar-refractivity contribution in [2.75, 3.05) is 11.9 Å². The number of carbonyl (C=O) groups excluding carboxylic acids is 1. The van der Waals surface area contributed by atoms with Crippen molar-refractivity contribution >= 4 is 11.6 Å². The van der Waals surface area contributed by atoms with Crippen molar-refractivity contribution < 1.29 is 9.53 Å². The number of anilines is 1. The van der Waals surface area contributed by atoms with Crippen LogP contribution >= 0.6 is 0 Å². The first-order valence-corrected chi connectivity index (χ1v) is 7.22. The number of nitrogens with one attached hydrogen (secondary N) is 1. The van der Waals surface area contributed by atoms with Crippen molar-refractivity contribution in [2.45, 2.75) is 20.3 Å². The topological polar surface area (TPSA) is 38.3 Å². The second-order valence-corrected chi connectivity index (χ2v) is 5.63. The lowest BCUT2D eigenvalue weighted by atomic mass is 9.96. The van der Waals surface area contributed by atoms with E-state index in [1.807, 2.05) is 50.2 Å². The molecule has 0 aromatic heterocycles. The average molecular weight is 281 g/mol. The molecule has 3 heteroatoms. The van der Waals surface area contributed by atoms with Gasteiger partial charge in [0.25, 0.3) is 0 Å². The van der Waals surface area contributed by atoms with E-state index in [2.05, 4.69) is 11.4 Å². The predicted octanol–water partition coefficient (Wildman–Crippen LogP) is 3.49. The third kappa shape index (κ3) is 2.92. The minimum absolute atomic E-state index is 0.0245. The summed E-state index contributed by atoms with van der Waals surface area (Å²) in [4.78, 5) is 12.4. The van der Waals surface area contributed by atoms with Gasteiger partial charge >= 0.3 is 0 Å². The Morgan fingerprint density at radius 3 is 2.81 bits per heavy atom. The van der Waals surface area contributed by atoms with Crippen LogP contribution in [0.3, 0.4) is 0 Å². The summed E-state index contributed by atoms with van der Waals surface area (Å²) in [5.74, 6) is 0.783. The minimum atomic E-state index is -0.138. The van der Waals surface area contributed by atoms with E-state index >= 15 is 0 Å². The predicted molar refractivity (Wildman–Crippen MR) is 83.7 cm³/mol. The van der Waals surface area contributed by atoms with Gasteiger partial charge in [0.1, 0.15) is 12.4 Å². The molecule has 2 aromatic rings. The molecule has 108 valence electrons. The van der Waals surface area contributed by atoms with Gasteiger partial charge in [-0.05, 0) is 43.5 Å². The van der Waals surface area contributed by atoms with Gasteiger partial charge in [-0.2, -0.15) is 0 Å². The monoisotopic (exact) mass is 281 g/mol. The Hall–Kier alpha value is -2.29. The Labute approximate surface area is 124 Å². The van der Waals surface area contributed by atoms with E-state index in [9.17, 15) is 4.79 Å². The number of fused-ring (bicyclic) bond motifs is 1. The van der Waals surface area contributed by atoms with E-state index in [-0.39, 0.29) is 11.8 Å². The number of rotatable bonds is 2. The lowest BCUT2D eigenvalue weighted by Crippen LogP contribution is -2.32. The van der Waals surface area contributed by atoms with Crippen LogP contribution in [0.25, 0.3) is 0 Å². The van der Waals surface area contributed by atoms with Crippen LogP contribution in [0.2, 0.25) is 0 Å². The van der Waals surface area contributed by atoms with Crippen LogP contribution in [-0.2, 0) is 11.2 Å². The smallest absolute Gasteiger partial charge is 0.231 e. The molecule has 0 aliphatic carbocycles. The summed E-state index contributed by atoms with van der Waals surface area (Å²) in [6, 6.07) is 13.9. The van der Waals surface area contributed by atoms with Gasteiger partial charge in [0.15, 0.2) is 0 Å². The zero-order valence-corrected chi connectivity index (χ0v) is 12.3. The molecule has 0 saturated carbocycles. The third-order valence-corrected chi connectivity index (χ3v) is 3.89. The van der Waals surface area contributed by atoms with Crippen LogP contribution in [0.5, 0.6) is 5.75 Å². The summed E-state index contributed by atoms with van der Waals surface area (Å²) in [5.41, 5.74) is 4.26. The van der Waals surface area contributed by atoms with Crippen molar-refractivity contribution in [1.82, 2.24) is 0 Å². The minimum Gasteiger partial charge on any atom is -0.492 e. The van der Waals surface area contributed by atoms with E-state index < -0.39 is 0 Å². The van der Waals surface area contributed by atoms with E-state index in [0.29, 0.717) is 6.61 Å². The van der Waals surface area contributed by atoms with Gasteiger partial charge < -0.3 is 10.1 Å². The third-order valence-electron chi connectivity index (χ3n) is 3.89. The molecule has 0 spiro atoms. The highest BCUT2D eigenvalue weighted by Crippen LogP contribution is 2.27. The molecule has 1 N–H and O–H groups in total. The quantitative estimate of drug-likeness (QED) is 0.915. The molecule has 1 amide bonds. The Morgan fingerprint density at radius 1 is 1.19 bits per heavy atom. The van der Waals surface area contributed by atoms with Gasteiger partial charge in [-0.25, -0.2) is 0 Å². The zero-order chi connectivity index (χ0) is 14.8. The molecule has 1 heterocycles. The molecule has 3 rings (SSSR count). The van der Waals surface area contributed by atoms with Crippen molar-refractivity contribution in [1.29, 1.82) is 0 Å². The Morgan fingerprint density at radius 2 is 2.00 bits per heavy atom. The molecule has 0 radical (unpaired) electrons. The van der Waals surface area contributed by atoms with Crippen LogP contribution in [0, 0.1) is 19.8 Å². The van der Waals surface area contributed by atoms with Crippen molar-refractivity contribution in [3.05, 3.63) is 59.2 Å². The van der Waals surface area contributed by atoms with E-state index in [0.717, 1.165) is 29.0 Å². The fraction of sp³-hybridized carbons (Fsp3) is 0.278. The van der Waals surface area contributed by atoms with Crippen molar-refractivity contribution in [2.24, 2.45) is 5.92 Å². The number of ether oxygens (including phenoxy) is 1. The van der Waals surface area contributed by atoms with Crippen LogP contribution in [0.1, 0.15) is 16.7 Å². The zero-order valence-electron chi connectivity index (χ0n) is 12.3. The number of carbonyl (C=O) groups is 1. The fourth-order valence-corrected chi connectivity index (χ4v) is 2.69. The largest absolute Gasteiger partial charge is 0.492 e. The second kappa shape index (κ2) is 5.60. The maximum absolute atomic E-state index is 12.4. The van der Waals surface area contributed by atoms with E-state index in [4.69, 9.17) is 4.74 Å². The number of aryl methyl sites for hydroxylation is 2. The molecule has 21 heavy (non-hydrogen) atoms. The Bertz CT molecular complexity index is 679. The van der Waals surface area contributed by atoms with Crippen LogP contribution in [0.4, 0.5) is 5.69 Å². The van der Waals surface area contributed by atoms with Crippen LogP contribution in [0.15, 0.2) is 42.5 Å². The van der Waals surface area contributed by atoms with Gasteiger partial charge in [-0.3, -0.25) is 4.79 Å². The highest BCUT2D eigenvalue weighted by molar-refractivity contribution is 5.93. The first-order chi connectivity index (χ1) is 10.1. The Kier molecular flexibility index (Phi) is 3.65. The number of amides is 1. The van der Waals surface area contributed by atoms with Gasteiger partial charge in [-0.1, -0.05) is 35.9 Å². The molecule has 0 fully saturated rings. The standard InChI is InChI=1S/C18H19NO2/c1-12-7-8-16(13(2)9-12)19-18(20)15-10-14-5-3-4-6-17(14)21-11-15/h3-9,15H,10-11H2,1-2H3,(H,19,20)/t15-/m1/s1. The highest BCUT2D eigenvalue weighted by Gasteiger charge is 2.26. The number of para-hydroxylation sites is 1. The summed E-state index contributed by atoms with van der Waals surface area (Å²) >= 11 is 0. The lowest BCUT2D eigenvalue weighted by Gasteiger charge is -2.24. The van der Waals surface area contributed by atoms with Gasteiger partial charge in [0, 0.05) is 5.69 Å². The highest BCUT2D eigenvalue weighted by atomic mass is 16.5. The lowest BCUT2D eigenvalue weighted by molar-refractivity contribution is -0.121. The van der Waals surface area contributed by atoms with Crippen molar-refractivity contribution in [3.8, 4) is 5.75 Å². The molecule has 0 unspecified atom stereocenters. The van der Waals surface area contributed by atoms with Crippen LogP contribution in [-0.4, -0.2) is 12.5 Å². The van der Waals surface area contributed by atoms with Gasteiger partial charge in [0.05, 0.1) is 5.92 Å². The summed E-state index contributed by atoms with van der Waals surface area (Å²) < 4.78 is 5.68. The summed E-state index contributed by atoms with van der Waals surface area (Å²) in [5, 5.41) is 3.02. The number of benzene rings is 2. The maximum atomic E-state index is 12.4.